The van der Waals surface area contributed by atoms with E-state index < -0.39 is 0 Å². The summed E-state index contributed by atoms with van der Waals surface area (Å²) in [4.78, 5) is 32.4. The van der Waals surface area contributed by atoms with Crippen molar-refractivity contribution < 1.29 is 4.79 Å². The number of piperidine rings is 1. The van der Waals surface area contributed by atoms with Gasteiger partial charge in [-0.3, -0.25) is 14.2 Å². The molecule has 30 heavy (non-hydrogen) atoms. The molecule has 0 bridgehead atoms. The molecule has 0 unspecified atom stereocenters. The molecule has 1 aromatic heterocycles. The highest BCUT2D eigenvalue weighted by Crippen LogP contribution is 2.25. The molecule has 1 aliphatic rings. The molecule has 5 nitrogen and oxygen atoms in total. The number of nitrogens with zero attached hydrogens (tertiary/aromatic N) is 3. The van der Waals surface area contributed by atoms with E-state index in [-0.39, 0.29) is 11.5 Å². The van der Waals surface area contributed by atoms with E-state index in [9.17, 15) is 9.59 Å². The molecule has 3 aromatic rings. The average molecular weight is 444 g/mol. The third-order valence-corrected chi connectivity index (χ3v) is 6.51. The quantitative estimate of drug-likeness (QED) is 0.580. The number of amides is 1. The van der Waals surface area contributed by atoms with Crippen LogP contribution >= 0.6 is 23.2 Å². The second-order valence-corrected chi connectivity index (χ2v) is 8.49. The van der Waals surface area contributed by atoms with Gasteiger partial charge in [0.2, 0.25) is 0 Å². The number of carbonyl (C=O) groups excluding carboxylic acids is 1. The first-order valence-corrected chi connectivity index (χ1v) is 11.0. The molecule has 0 spiro atoms. The number of para-hydroxylation sites is 1. The Morgan fingerprint density at radius 3 is 2.53 bits per heavy atom. The minimum absolute atomic E-state index is 0.0202. The van der Waals surface area contributed by atoms with Crippen molar-refractivity contribution in [3.8, 4) is 0 Å². The zero-order valence-electron chi connectivity index (χ0n) is 16.8. The van der Waals surface area contributed by atoms with Crippen molar-refractivity contribution in [2.75, 3.05) is 13.1 Å². The molecule has 7 heteroatoms. The van der Waals surface area contributed by atoms with Crippen molar-refractivity contribution in [3.05, 3.63) is 74.3 Å². The number of fused-ring (bicyclic) bond motifs is 1. The monoisotopic (exact) mass is 443 g/mol. The fourth-order valence-electron chi connectivity index (χ4n) is 4.06. The molecule has 0 radical (unpaired) electrons. The Balaban J connectivity index is 1.47. The van der Waals surface area contributed by atoms with Crippen LogP contribution in [0.1, 0.15) is 35.9 Å². The molecule has 156 valence electrons. The summed E-state index contributed by atoms with van der Waals surface area (Å²) >= 11 is 12.0. The van der Waals surface area contributed by atoms with Crippen LogP contribution in [0.25, 0.3) is 10.9 Å². The van der Waals surface area contributed by atoms with Crippen LogP contribution in [0.4, 0.5) is 0 Å². The molecule has 0 N–H and O–H groups in total. The Bertz CT molecular complexity index is 1150. The van der Waals surface area contributed by atoms with Crippen molar-refractivity contribution in [3.63, 3.8) is 0 Å². The largest absolute Gasteiger partial charge is 0.339 e. The Morgan fingerprint density at radius 1 is 1.10 bits per heavy atom. The van der Waals surface area contributed by atoms with Crippen LogP contribution in [0.5, 0.6) is 0 Å². The highest BCUT2D eigenvalue weighted by molar-refractivity contribution is 6.42. The Hall–Kier alpha value is -2.37. The maximum absolute atomic E-state index is 13.0. The molecular formula is C23H23Cl2N3O2. The molecule has 1 saturated heterocycles. The minimum atomic E-state index is -0.0363. The molecule has 1 amide bonds. The Labute approximate surface area is 185 Å². The maximum atomic E-state index is 13.0. The van der Waals surface area contributed by atoms with Gasteiger partial charge in [0.05, 0.1) is 20.9 Å². The van der Waals surface area contributed by atoms with Gasteiger partial charge in [0.1, 0.15) is 5.82 Å². The topological polar surface area (TPSA) is 55.2 Å². The predicted octanol–water partition coefficient (Wildman–Crippen LogP) is 4.82. The lowest BCUT2D eigenvalue weighted by molar-refractivity contribution is 0.0682. The van der Waals surface area contributed by atoms with E-state index in [1.165, 1.54) is 0 Å². The molecule has 2 heterocycles. The number of hydrogen-bond acceptors (Lipinski definition) is 3. The lowest BCUT2D eigenvalue weighted by Gasteiger charge is -2.32. The van der Waals surface area contributed by atoms with Crippen LogP contribution in [0.15, 0.2) is 47.3 Å². The first-order chi connectivity index (χ1) is 14.5. The molecule has 1 fully saturated rings. The van der Waals surface area contributed by atoms with Crippen molar-refractivity contribution >= 4 is 40.0 Å². The highest BCUT2D eigenvalue weighted by atomic mass is 35.5. The van der Waals surface area contributed by atoms with Crippen LogP contribution in [0.3, 0.4) is 0 Å². The summed E-state index contributed by atoms with van der Waals surface area (Å²) < 4.78 is 1.82. The van der Waals surface area contributed by atoms with Crippen molar-refractivity contribution in [2.45, 2.75) is 32.7 Å². The third kappa shape index (κ3) is 4.09. The SMILES string of the molecule is CCc1nc2ccccc2c(=O)n1CC1CCN(C(=O)c2ccc(Cl)c(Cl)c2)CC1. The van der Waals surface area contributed by atoms with E-state index in [0.717, 1.165) is 24.2 Å². The zero-order chi connectivity index (χ0) is 21.3. The van der Waals surface area contributed by atoms with Crippen LogP contribution in [-0.4, -0.2) is 33.4 Å². The summed E-state index contributed by atoms with van der Waals surface area (Å²) in [5.74, 6) is 1.10. The zero-order valence-corrected chi connectivity index (χ0v) is 18.3. The highest BCUT2D eigenvalue weighted by Gasteiger charge is 2.25. The van der Waals surface area contributed by atoms with Gasteiger partial charge in [-0.2, -0.15) is 0 Å². The van der Waals surface area contributed by atoms with Crippen LogP contribution < -0.4 is 5.56 Å². The lowest BCUT2D eigenvalue weighted by atomic mass is 9.96. The Morgan fingerprint density at radius 2 is 1.83 bits per heavy atom. The number of rotatable bonds is 4. The van der Waals surface area contributed by atoms with Gasteiger partial charge in [-0.05, 0) is 49.1 Å². The number of aryl methyl sites for hydroxylation is 1. The van der Waals surface area contributed by atoms with Gasteiger partial charge in [-0.25, -0.2) is 4.98 Å². The smallest absolute Gasteiger partial charge is 0.261 e. The predicted molar refractivity (Wildman–Crippen MR) is 120 cm³/mol. The summed E-state index contributed by atoms with van der Waals surface area (Å²) in [7, 11) is 0. The number of hydrogen-bond donors (Lipinski definition) is 0. The van der Waals surface area contributed by atoms with E-state index in [4.69, 9.17) is 28.2 Å². The van der Waals surface area contributed by atoms with Crippen LogP contribution in [-0.2, 0) is 13.0 Å². The van der Waals surface area contributed by atoms with Gasteiger partial charge >= 0.3 is 0 Å². The standard InChI is InChI=1S/C23H23Cl2N3O2/c1-2-21-26-20-6-4-3-5-17(20)23(30)28(21)14-15-9-11-27(12-10-15)22(29)16-7-8-18(24)19(25)13-16/h3-8,13,15H,2,9-12,14H2,1H3. The number of halogens is 2. The van der Waals surface area contributed by atoms with E-state index in [1.54, 1.807) is 18.2 Å². The fourth-order valence-corrected chi connectivity index (χ4v) is 4.36. The normalized spacial score (nSPS) is 15.0. The van der Waals surface area contributed by atoms with E-state index >= 15 is 0 Å². The second kappa shape index (κ2) is 8.78. The molecule has 0 aliphatic carbocycles. The second-order valence-electron chi connectivity index (χ2n) is 7.68. The van der Waals surface area contributed by atoms with Crippen molar-refractivity contribution in [1.29, 1.82) is 0 Å². The summed E-state index contributed by atoms with van der Waals surface area (Å²) in [6, 6.07) is 12.5. The maximum Gasteiger partial charge on any atom is 0.261 e. The molecule has 0 atom stereocenters. The number of carbonyl (C=O) groups is 1. The number of benzene rings is 2. The van der Waals surface area contributed by atoms with Crippen molar-refractivity contribution in [1.82, 2.24) is 14.5 Å². The van der Waals surface area contributed by atoms with E-state index in [1.807, 2.05) is 40.7 Å². The molecular weight excluding hydrogens is 421 g/mol. The van der Waals surface area contributed by atoms with Gasteiger partial charge in [0.15, 0.2) is 0 Å². The van der Waals surface area contributed by atoms with Gasteiger partial charge in [-0.15, -0.1) is 0 Å². The Kier molecular flexibility index (Phi) is 6.11. The van der Waals surface area contributed by atoms with E-state index in [2.05, 4.69) is 0 Å². The fraction of sp³-hybridized carbons (Fsp3) is 0.348. The third-order valence-electron chi connectivity index (χ3n) is 5.77. The van der Waals surface area contributed by atoms with Gasteiger partial charge in [0.25, 0.3) is 11.5 Å². The summed E-state index contributed by atoms with van der Waals surface area (Å²) in [6.07, 6.45) is 2.39. The molecule has 2 aromatic carbocycles. The number of aromatic nitrogens is 2. The van der Waals surface area contributed by atoms with E-state index in [0.29, 0.717) is 53.0 Å². The van der Waals surface area contributed by atoms with Crippen LogP contribution in [0, 0.1) is 5.92 Å². The molecule has 1 aliphatic heterocycles. The molecule has 0 saturated carbocycles. The molecule has 4 rings (SSSR count). The minimum Gasteiger partial charge on any atom is -0.339 e. The number of likely N-dealkylation sites (tertiary alicyclic amines) is 1. The summed E-state index contributed by atoms with van der Waals surface area (Å²) in [6.45, 7) is 3.96. The first-order valence-electron chi connectivity index (χ1n) is 10.2. The summed E-state index contributed by atoms with van der Waals surface area (Å²) in [5, 5.41) is 1.47. The van der Waals surface area contributed by atoms with Crippen LogP contribution in [0.2, 0.25) is 10.0 Å². The van der Waals surface area contributed by atoms with Gasteiger partial charge < -0.3 is 4.90 Å². The van der Waals surface area contributed by atoms with Crippen molar-refractivity contribution in [2.24, 2.45) is 5.92 Å². The van der Waals surface area contributed by atoms with Gasteiger partial charge in [-0.1, -0.05) is 42.3 Å². The average Bonchev–Trinajstić information content (AvgIpc) is 2.77. The lowest BCUT2D eigenvalue weighted by Crippen LogP contribution is -2.40. The summed E-state index contributed by atoms with van der Waals surface area (Å²) in [5.41, 5.74) is 1.32. The van der Waals surface area contributed by atoms with Gasteiger partial charge in [0, 0.05) is 31.6 Å². The first kappa shape index (κ1) is 20.9.